The summed E-state index contributed by atoms with van der Waals surface area (Å²) in [5.41, 5.74) is 1.43. The first-order chi connectivity index (χ1) is 8.74. The van der Waals surface area contributed by atoms with Crippen molar-refractivity contribution in [1.29, 1.82) is 0 Å². The van der Waals surface area contributed by atoms with Gasteiger partial charge in [0.05, 0.1) is 0 Å². The smallest absolute Gasteiger partial charge is 0.0175 e. The van der Waals surface area contributed by atoms with E-state index in [0.29, 0.717) is 0 Å². The second-order valence-electron chi connectivity index (χ2n) is 5.33. The Hall–Kier alpha value is -0.380. The zero-order valence-electron chi connectivity index (χ0n) is 11.2. The third-order valence-electron chi connectivity index (χ3n) is 3.72. The molecule has 1 aliphatic heterocycles. The predicted molar refractivity (Wildman–Crippen MR) is 80.9 cm³/mol. The standard InChI is InChI=1S/C15H23BrN2/c1-18(12-14-6-9-17-10-7-14)11-8-13-2-4-15(16)5-3-13/h2-5,14,17H,6-12H2,1H3. The van der Waals surface area contributed by atoms with Crippen LogP contribution in [-0.4, -0.2) is 38.1 Å². The third-order valence-corrected chi connectivity index (χ3v) is 4.25. The van der Waals surface area contributed by atoms with Crippen LogP contribution in [0.3, 0.4) is 0 Å². The van der Waals surface area contributed by atoms with E-state index in [1.807, 2.05) is 0 Å². The highest BCUT2D eigenvalue weighted by Gasteiger charge is 2.14. The van der Waals surface area contributed by atoms with Gasteiger partial charge >= 0.3 is 0 Å². The van der Waals surface area contributed by atoms with Gasteiger partial charge in [0.15, 0.2) is 0 Å². The molecule has 0 radical (unpaired) electrons. The summed E-state index contributed by atoms with van der Waals surface area (Å²) in [6, 6.07) is 8.68. The lowest BCUT2D eigenvalue weighted by Gasteiger charge is -2.27. The van der Waals surface area contributed by atoms with Gasteiger partial charge in [-0.2, -0.15) is 0 Å². The van der Waals surface area contributed by atoms with Crippen LogP contribution in [0.5, 0.6) is 0 Å². The van der Waals surface area contributed by atoms with Crippen molar-refractivity contribution in [1.82, 2.24) is 10.2 Å². The van der Waals surface area contributed by atoms with Crippen molar-refractivity contribution in [3.05, 3.63) is 34.3 Å². The number of rotatable bonds is 5. The maximum Gasteiger partial charge on any atom is 0.0175 e. The first-order valence-electron chi connectivity index (χ1n) is 6.88. The number of benzene rings is 1. The first kappa shape index (κ1) is 14.0. The van der Waals surface area contributed by atoms with Crippen molar-refractivity contribution in [2.75, 3.05) is 33.2 Å². The maximum atomic E-state index is 3.47. The summed E-state index contributed by atoms with van der Waals surface area (Å²) in [5.74, 6) is 0.890. The van der Waals surface area contributed by atoms with Gasteiger partial charge in [-0.25, -0.2) is 0 Å². The summed E-state index contributed by atoms with van der Waals surface area (Å²) in [7, 11) is 2.25. The summed E-state index contributed by atoms with van der Waals surface area (Å²) in [6.45, 7) is 4.81. The van der Waals surface area contributed by atoms with Crippen LogP contribution in [0, 0.1) is 5.92 Å². The molecular weight excluding hydrogens is 288 g/mol. The normalized spacial score (nSPS) is 17.3. The molecule has 1 N–H and O–H groups in total. The van der Waals surface area contributed by atoms with E-state index in [1.165, 1.54) is 38.0 Å². The fraction of sp³-hybridized carbons (Fsp3) is 0.600. The second kappa shape index (κ2) is 7.27. The predicted octanol–water partition coefficient (Wildman–Crippen LogP) is 2.92. The van der Waals surface area contributed by atoms with Crippen LogP contribution in [0.25, 0.3) is 0 Å². The summed E-state index contributed by atoms with van der Waals surface area (Å²) in [5, 5.41) is 3.43. The van der Waals surface area contributed by atoms with E-state index in [4.69, 9.17) is 0 Å². The van der Waals surface area contributed by atoms with Gasteiger partial charge in [0.2, 0.25) is 0 Å². The van der Waals surface area contributed by atoms with Crippen LogP contribution in [-0.2, 0) is 6.42 Å². The number of hydrogen-bond donors (Lipinski definition) is 1. The third kappa shape index (κ3) is 4.71. The summed E-state index contributed by atoms with van der Waals surface area (Å²) in [6.07, 6.45) is 3.82. The fourth-order valence-electron chi connectivity index (χ4n) is 2.57. The average molecular weight is 311 g/mol. The van der Waals surface area contributed by atoms with E-state index >= 15 is 0 Å². The van der Waals surface area contributed by atoms with Crippen molar-refractivity contribution in [2.45, 2.75) is 19.3 Å². The Balaban J connectivity index is 1.70. The van der Waals surface area contributed by atoms with E-state index in [-0.39, 0.29) is 0 Å². The van der Waals surface area contributed by atoms with E-state index in [0.717, 1.165) is 23.4 Å². The quantitative estimate of drug-likeness (QED) is 0.899. The van der Waals surface area contributed by atoms with Gasteiger partial charge in [0, 0.05) is 17.6 Å². The van der Waals surface area contributed by atoms with Gasteiger partial charge in [-0.05, 0) is 63.0 Å². The molecule has 2 rings (SSSR count). The molecule has 18 heavy (non-hydrogen) atoms. The molecule has 1 saturated heterocycles. The summed E-state index contributed by atoms with van der Waals surface area (Å²) < 4.78 is 1.16. The van der Waals surface area contributed by atoms with Gasteiger partial charge in [-0.1, -0.05) is 28.1 Å². The Morgan fingerprint density at radius 1 is 1.22 bits per heavy atom. The number of piperidine rings is 1. The molecule has 0 aliphatic carbocycles. The molecule has 0 bridgehead atoms. The maximum absolute atomic E-state index is 3.47. The molecule has 1 aromatic rings. The number of halogens is 1. The molecule has 0 amide bonds. The molecule has 0 saturated carbocycles. The van der Waals surface area contributed by atoms with Gasteiger partial charge in [-0.15, -0.1) is 0 Å². The van der Waals surface area contributed by atoms with Crippen molar-refractivity contribution < 1.29 is 0 Å². The molecule has 0 atom stereocenters. The Labute approximate surface area is 119 Å². The van der Waals surface area contributed by atoms with Gasteiger partial charge in [0.25, 0.3) is 0 Å². The molecule has 0 spiro atoms. The van der Waals surface area contributed by atoms with E-state index in [9.17, 15) is 0 Å². The molecular formula is C15H23BrN2. The highest BCUT2D eigenvalue weighted by Crippen LogP contribution is 2.14. The molecule has 0 unspecified atom stereocenters. The lowest BCUT2D eigenvalue weighted by molar-refractivity contribution is 0.242. The molecule has 1 aliphatic rings. The number of likely N-dealkylation sites (N-methyl/N-ethyl adjacent to an activating group) is 1. The zero-order valence-corrected chi connectivity index (χ0v) is 12.7. The van der Waals surface area contributed by atoms with Gasteiger partial charge in [0.1, 0.15) is 0 Å². The summed E-state index contributed by atoms with van der Waals surface area (Å²) in [4.78, 5) is 2.48. The molecule has 1 aromatic carbocycles. The Kier molecular flexibility index (Phi) is 5.67. The van der Waals surface area contributed by atoms with Crippen LogP contribution < -0.4 is 5.32 Å². The number of nitrogens with zero attached hydrogens (tertiary/aromatic N) is 1. The first-order valence-corrected chi connectivity index (χ1v) is 7.67. The molecule has 1 heterocycles. The van der Waals surface area contributed by atoms with Crippen molar-refractivity contribution in [2.24, 2.45) is 5.92 Å². The van der Waals surface area contributed by atoms with Crippen LogP contribution in [0.2, 0.25) is 0 Å². The average Bonchev–Trinajstić information content (AvgIpc) is 2.39. The van der Waals surface area contributed by atoms with Crippen LogP contribution in [0.1, 0.15) is 18.4 Å². The second-order valence-corrected chi connectivity index (χ2v) is 6.25. The molecule has 2 nitrogen and oxygen atoms in total. The van der Waals surface area contributed by atoms with Crippen molar-refractivity contribution >= 4 is 15.9 Å². The monoisotopic (exact) mass is 310 g/mol. The van der Waals surface area contributed by atoms with E-state index < -0.39 is 0 Å². The van der Waals surface area contributed by atoms with E-state index in [1.54, 1.807) is 0 Å². The highest BCUT2D eigenvalue weighted by atomic mass is 79.9. The van der Waals surface area contributed by atoms with Crippen LogP contribution in [0.15, 0.2) is 28.7 Å². The fourth-order valence-corrected chi connectivity index (χ4v) is 2.83. The number of hydrogen-bond acceptors (Lipinski definition) is 2. The topological polar surface area (TPSA) is 15.3 Å². The van der Waals surface area contributed by atoms with Crippen molar-refractivity contribution in [3.8, 4) is 0 Å². The van der Waals surface area contributed by atoms with E-state index in [2.05, 4.69) is 57.5 Å². The lowest BCUT2D eigenvalue weighted by Crippen LogP contribution is -2.35. The minimum absolute atomic E-state index is 0.890. The molecule has 3 heteroatoms. The largest absolute Gasteiger partial charge is 0.317 e. The summed E-state index contributed by atoms with van der Waals surface area (Å²) >= 11 is 3.47. The van der Waals surface area contributed by atoms with Crippen LogP contribution in [0.4, 0.5) is 0 Å². The van der Waals surface area contributed by atoms with Crippen molar-refractivity contribution in [3.63, 3.8) is 0 Å². The van der Waals surface area contributed by atoms with Gasteiger partial charge in [-0.3, -0.25) is 0 Å². The zero-order chi connectivity index (χ0) is 12.8. The minimum Gasteiger partial charge on any atom is -0.317 e. The SMILES string of the molecule is CN(CCc1ccc(Br)cc1)CC1CCNCC1. The minimum atomic E-state index is 0.890. The lowest BCUT2D eigenvalue weighted by atomic mass is 9.97. The molecule has 1 fully saturated rings. The Bertz CT molecular complexity index is 344. The highest BCUT2D eigenvalue weighted by molar-refractivity contribution is 9.10. The van der Waals surface area contributed by atoms with Crippen LogP contribution >= 0.6 is 15.9 Å². The van der Waals surface area contributed by atoms with Gasteiger partial charge < -0.3 is 10.2 Å². The molecule has 0 aromatic heterocycles. The number of nitrogens with one attached hydrogen (secondary N) is 1. The Morgan fingerprint density at radius 2 is 1.89 bits per heavy atom. The Morgan fingerprint density at radius 3 is 2.56 bits per heavy atom. The molecule has 100 valence electrons.